The Morgan fingerprint density at radius 1 is 1.40 bits per heavy atom. The molecular formula is C12H15NO2. The smallest absolute Gasteiger partial charge is 0.409 e. The van der Waals surface area contributed by atoms with Crippen LogP contribution in [0.1, 0.15) is 24.4 Å². The summed E-state index contributed by atoms with van der Waals surface area (Å²) in [5, 5.41) is 0. The molecule has 1 aliphatic heterocycles. The van der Waals surface area contributed by atoms with Crippen LogP contribution in [0.4, 0.5) is 4.79 Å². The highest BCUT2D eigenvalue weighted by molar-refractivity contribution is 5.68. The number of amides is 1. The van der Waals surface area contributed by atoms with Crippen LogP contribution in [0.15, 0.2) is 30.3 Å². The quantitative estimate of drug-likeness (QED) is 0.705. The Hall–Kier alpha value is -1.51. The van der Waals surface area contributed by atoms with Crippen LogP contribution in [0.5, 0.6) is 0 Å². The van der Waals surface area contributed by atoms with E-state index in [9.17, 15) is 4.79 Å². The number of carbonyl (C=O) groups is 1. The first kappa shape index (κ1) is 10.0. The summed E-state index contributed by atoms with van der Waals surface area (Å²) in [6, 6.07) is 10.3. The Labute approximate surface area is 89.7 Å². The summed E-state index contributed by atoms with van der Waals surface area (Å²) in [6.07, 6.45) is 1.86. The summed E-state index contributed by atoms with van der Waals surface area (Å²) < 4.78 is 4.77. The molecule has 3 nitrogen and oxygen atoms in total. The molecule has 80 valence electrons. The SMILES string of the molecule is COC(=O)N1CCCC1c1ccccc1. The van der Waals surface area contributed by atoms with E-state index in [0.29, 0.717) is 0 Å². The van der Waals surface area contributed by atoms with E-state index in [-0.39, 0.29) is 12.1 Å². The summed E-state index contributed by atoms with van der Waals surface area (Å²) in [6.45, 7) is 0.798. The van der Waals surface area contributed by atoms with Gasteiger partial charge in [0.25, 0.3) is 0 Å². The van der Waals surface area contributed by atoms with Crippen molar-refractivity contribution in [2.45, 2.75) is 18.9 Å². The van der Waals surface area contributed by atoms with Crippen molar-refractivity contribution in [3.8, 4) is 0 Å². The average Bonchev–Trinajstić information content (AvgIpc) is 2.78. The van der Waals surface area contributed by atoms with Crippen LogP contribution < -0.4 is 0 Å². The van der Waals surface area contributed by atoms with Gasteiger partial charge in [-0.25, -0.2) is 4.79 Å². The van der Waals surface area contributed by atoms with Crippen LogP contribution in [0.25, 0.3) is 0 Å². The molecule has 0 bridgehead atoms. The molecule has 1 heterocycles. The molecule has 15 heavy (non-hydrogen) atoms. The normalized spacial score (nSPS) is 20.3. The van der Waals surface area contributed by atoms with Crippen LogP contribution in [-0.2, 0) is 4.74 Å². The Morgan fingerprint density at radius 3 is 2.80 bits per heavy atom. The molecule has 1 atom stereocenters. The van der Waals surface area contributed by atoms with E-state index >= 15 is 0 Å². The van der Waals surface area contributed by atoms with Gasteiger partial charge in [-0.05, 0) is 18.4 Å². The van der Waals surface area contributed by atoms with Gasteiger partial charge in [0.1, 0.15) is 0 Å². The molecule has 0 N–H and O–H groups in total. The maximum absolute atomic E-state index is 11.5. The van der Waals surface area contributed by atoms with E-state index in [1.165, 1.54) is 12.7 Å². The number of hydrogen-bond donors (Lipinski definition) is 0. The maximum Gasteiger partial charge on any atom is 0.409 e. The third-order valence-electron chi connectivity index (χ3n) is 2.85. The Balaban J connectivity index is 2.18. The molecule has 0 radical (unpaired) electrons. The predicted molar refractivity (Wildman–Crippen MR) is 57.5 cm³/mol. The molecular weight excluding hydrogens is 190 g/mol. The Kier molecular flexibility index (Phi) is 2.90. The highest BCUT2D eigenvalue weighted by Crippen LogP contribution is 2.31. The van der Waals surface area contributed by atoms with Gasteiger partial charge in [0.05, 0.1) is 13.2 Å². The summed E-state index contributed by atoms with van der Waals surface area (Å²) in [5.74, 6) is 0. The van der Waals surface area contributed by atoms with Gasteiger partial charge in [-0.1, -0.05) is 30.3 Å². The molecule has 0 saturated carbocycles. The second kappa shape index (κ2) is 4.34. The molecule has 1 aliphatic rings. The number of ether oxygens (including phenoxy) is 1. The predicted octanol–water partition coefficient (Wildman–Crippen LogP) is 2.59. The summed E-state index contributed by atoms with van der Waals surface area (Å²) in [5.41, 5.74) is 1.19. The van der Waals surface area contributed by atoms with E-state index in [1.54, 1.807) is 4.90 Å². The Morgan fingerprint density at radius 2 is 2.13 bits per heavy atom. The molecule has 1 amide bonds. The largest absolute Gasteiger partial charge is 0.453 e. The lowest BCUT2D eigenvalue weighted by molar-refractivity contribution is 0.119. The van der Waals surface area contributed by atoms with E-state index in [0.717, 1.165) is 19.4 Å². The molecule has 1 saturated heterocycles. The van der Waals surface area contributed by atoms with Gasteiger partial charge in [0.2, 0.25) is 0 Å². The first-order valence-corrected chi connectivity index (χ1v) is 5.22. The zero-order valence-electron chi connectivity index (χ0n) is 8.85. The van der Waals surface area contributed by atoms with Crippen LogP contribution >= 0.6 is 0 Å². The van der Waals surface area contributed by atoms with E-state index in [1.807, 2.05) is 18.2 Å². The summed E-state index contributed by atoms with van der Waals surface area (Å²) in [4.78, 5) is 13.3. The van der Waals surface area contributed by atoms with Crippen molar-refractivity contribution in [2.24, 2.45) is 0 Å². The van der Waals surface area contributed by atoms with Gasteiger partial charge in [-0.3, -0.25) is 0 Å². The second-order valence-corrected chi connectivity index (χ2v) is 3.73. The summed E-state index contributed by atoms with van der Waals surface area (Å²) in [7, 11) is 1.43. The fraction of sp³-hybridized carbons (Fsp3) is 0.417. The van der Waals surface area contributed by atoms with Gasteiger partial charge in [0, 0.05) is 6.54 Å². The lowest BCUT2D eigenvalue weighted by Gasteiger charge is -2.23. The van der Waals surface area contributed by atoms with Crippen molar-refractivity contribution >= 4 is 6.09 Å². The first-order valence-electron chi connectivity index (χ1n) is 5.22. The van der Waals surface area contributed by atoms with Crippen molar-refractivity contribution < 1.29 is 9.53 Å². The van der Waals surface area contributed by atoms with Crippen molar-refractivity contribution in [3.05, 3.63) is 35.9 Å². The van der Waals surface area contributed by atoms with Crippen molar-refractivity contribution in [2.75, 3.05) is 13.7 Å². The topological polar surface area (TPSA) is 29.5 Å². The highest BCUT2D eigenvalue weighted by atomic mass is 16.5. The number of rotatable bonds is 1. The molecule has 1 fully saturated rings. The maximum atomic E-state index is 11.5. The molecule has 2 rings (SSSR count). The van der Waals surface area contributed by atoms with Gasteiger partial charge in [-0.15, -0.1) is 0 Å². The minimum atomic E-state index is -0.221. The first-order chi connectivity index (χ1) is 7.33. The number of methoxy groups -OCH3 is 1. The molecule has 0 aliphatic carbocycles. The lowest BCUT2D eigenvalue weighted by Crippen LogP contribution is -2.30. The molecule has 1 aromatic carbocycles. The standard InChI is InChI=1S/C12H15NO2/c1-15-12(14)13-9-5-8-11(13)10-6-3-2-4-7-10/h2-4,6-7,11H,5,8-9H2,1H3. The number of carbonyl (C=O) groups excluding carboxylic acids is 1. The van der Waals surface area contributed by atoms with Crippen LogP contribution in [-0.4, -0.2) is 24.6 Å². The number of hydrogen-bond acceptors (Lipinski definition) is 2. The lowest BCUT2D eigenvalue weighted by atomic mass is 10.1. The zero-order valence-corrected chi connectivity index (χ0v) is 8.85. The number of nitrogens with zero attached hydrogens (tertiary/aromatic N) is 1. The van der Waals surface area contributed by atoms with E-state index in [4.69, 9.17) is 4.74 Å². The average molecular weight is 205 g/mol. The highest BCUT2D eigenvalue weighted by Gasteiger charge is 2.30. The van der Waals surface area contributed by atoms with Gasteiger partial charge >= 0.3 is 6.09 Å². The molecule has 1 aromatic rings. The minimum Gasteiger partial charge on any atom is -0.453 e. The second-order valence-electron chi connectivity index (χ2n) is 3.73. The minimum absolute atomic E-state index is 0.193. The van der Waals surface area contributed by atoms with Crippen LogP contribution in [0, 0.1) is 0 Å². The Bertz CT molecular complexity index is 337. The molecule has 0 spiro atoms. The van der Waals surface area contributed by atoms with Crippen molar-refractivity contribution in [1.82, 2.24) is 4.90 Å². The zero-order chi connectivity index (χ0) is 10.7. The monoisotopic (exact) mass is 205 g/mol. The fourth-order valence-corrected chi connectivity index (χ4v) is 2.12. The van der Waals surface area contributed by atoms with Gasteiger partial charge < -0.3 is 9.64 Å². The van der Waals surface area contributed by atoms with Gasteiger partial charge in [-0.2, -0.15) is 0 Å². The van der Waals surface area contributed by atoms with Crippen molar-refractivity contribution in [3.63, 3.8) is 0 Å². The molecule has 3 heteroatoms. The third kappa shape index (κ3) is 1.96. The van der Waals surface area contributed by atoms with Crippen LogP contribution in [0.2, 0.25) is 0 Å². The van der Waals surface area contributed by atoms with E-state index < -0.39 is 0 Å². The van der Waals surface area contributed by atoms with Crippen LogP contribution in [0.3, 0.4) is 0 Å². The summed E-state index contributed by atoms with van der Waals surface area (Å²) >= 11 is 0. The van der Waals surface area contributed by atoms with E-state index in [2.05, 4.69) is 12.1 Å². The molecule has 0 aromatic heterocycles. The number of likely N-dealkylation sites (tertiary alicyclic amines) is 1. The molecule has 1 unspecified atom stereocenters. The fourth-order valence-electron chi connectivity index (χ4n) is 2.12. The van der Waals surface area contributed by atoms with Gasteiger partial charge in [0.15, 0.2) is 0 Å². The third-order valence-corrected chi connectivity index (χ3v) is 2.85. The number of benzene rings is 1. The van der Waals surface area contributed by atoms with Crippen molar-refractivity contribution in [1.29, 1.82) is 0 Å².